The number of piperidine rings is 1. The van der Waals surface area contributed by atoms with E-state index in [1.165, 1.54) is 18.2 Å². The molecule has 1 saturated heterocycles. The summed E-state index contributed by atoms with van der Waals surface area (Å²) in [6.45, 7) is 0.938. The Bertz CT molecular complexity index is 829. The van der Waals surface area contributed by atoms with Crippen LogP contribution >= 0.6 is 0 Å². The van der Waals surface area contributed by atoms with Gasteiger partial charge in [0.2, 0.25) is 0 Å². The second-order valence-corrected chi connectivity index (χ2v) is 5.79. The minimum atomic E-state index is -0.678. The van der Waals surface area contributed by atoms with E-state index in [0.717, 1.165) is 11.6 Å². The molecule has 0 spiro atoms. The van der Waals surface area contributed by atoms with Gasteiger partial charge in [-0.2, -0.15) is 0 Å². The normalized spacial score (nSPS) is 19.2. The molecule has 3 rings (SSSR count). The fourth-order valence-electron chi connectivity index (χ4n) is 2.68. The number of likely N-dealkylation sites (tertiary alicyclic amines) is 1. The number of pyridine rings is 1. The molecule has 122 valence electrons. The molecule has 3 nitrogen and oxygen atoms in total. The summed E-state index contributed by atoms with van der Waals surface area (Å²) in [5.74, 6) is -1.43. The Kier molecular flexibility index (Phi) is 4.62. The molecule has 0 N–H and O–H groups in total. The van der Waals surface area contributed by atoms with Gasteiger partial charge in [-0.3, -0.25) is 14.7 Å². The van der Waals surface area contributed by atoms with E-state index in [4.69, 9.17) is 0 Å². The molecule has 1 aliphatic heterocycles. The number of aromatic nitrogens is 1. The Balaban J connectivity index is 1.95. The van der Waals surface area contributed by atoms with Gasteiger partial charge in [-0.1, -0.05) is 0 Å². The van der Waals surface area contributed by atoms with E-state index in [2.05, 4.69) is 4.98 Å². The average Bonchev–Trinajstić information content (AvgIpc) is 2.55. The van der Waals surface area contributed by atoms with Crippen LogP contribution < -0.4 is 0 Å². The Hall–Kier alpha value is -2.66. The first-order valence-corrected chi connectivity index (χ1v) is 7.52. The maximum Gasteiger partial charge on any atom is 0.187 e. The van der Waals surface area contributed by atoms with E-state index in [-0.39, 0.29) is 11.3 Å². The summed E-state index contributed by atoms with van der Waals surface area (Å²) in [4.78, 5) is 18.6. The molecule has 2 heterocycles. The summed E-state index contributed by atoms with van der Waals surface area (Å²) in [6, 6.07) is 6.97. The van der Waals surface area contributed by atoms with Crippen LogP contribution in [0.2, 0.25) is 0 Å². The van der Waals surface area contributed by atoms with Crippen LogP contribution in [0.3, 0.4) is 0 Å². The van der Waals surface area contributed by atoms with Gasteiger partial charge in [0.05, 0.1) is 0 Å². The van der Waals surface area contributed by atoms with Crippen LogP contribution in [0.4, 0.5) is 8.78 Å². The minimum absolute atomic E-state index is 0.117. The topological polar surface area (TPSA) is 33.2 Å². The summed E-state index contributed by atoms with van der Waals surface area (Å²) < 4.78 is 26.9. The summed E-state index contributed by atoms with van der Waals surface area (Å²) >= 11 is 0. The fourth-order valence-corrected chi connectivity index (χ4v) is 2.68. The molecule has 0 unspecified atom stereocenters. The van der Waals surface area contributed by atoms with Crippen molar-refractivity contribution in [2.45, 2.75) is 0 Å². The van der Waals surface area contributed by atoms with Crippen molar-refractivity contribution in [1.29, 1.82) is 0 Å². The molecule has 24 heavy (non-hydrogen) atoms. The van der Waals surface area contributed by atoms with Gasteiger partial charge in [0.25, 0.3) is 0 Å². The van der Waals surface area contributed by atoms with Gasteiger partial charge in [-0.05, 0) is 49.0 Å². The standard InChI is InChI=1S/C19H16F2N2O/c1-23-11-15(8-13-4-6-22-7-5-13)19(24)16(12-23)9-14-2-3-17(20)10-18(14)21/h2-10H,11-12H2,1H3/b15-8?,16-9+. The molecule has 0 radical (unpaired) electrons. The van der Waals surface area contributed by atoms with Crippen LogP contribution in [-0.4, -0.2) is 35.8 Å². The third-order valence-corrected chi connectivity index (χ3v) is 3.80. The number of nitrogens with zero attached hydrogens (tertiary/aromatic N) is 2. The van der Waals surface area contributed by atoms with Gasteiger partial charge < -0.3 is 0 Å². The van der Waals surface area contributed by atoms with Gasteiger partial charge in [-0.25, -0.2) is 8.78 Å². The molecule has 2 aromatic rings. The highest BCUT2D eigenvalue weighted by Gasteiger charge is 2.24. The van der Waals surface area contributed by atoms with Gasteiger partial charge in [0.15, 0.2) is 5.78 Å². The lowest BCUT2D eigenvalue weighted by Gasteiger charge is -2.26. The number of halogens is 2. The first-order chi connectivity index (χ1) is 11.5. The second-order valence-electron chi connectivity index (χ2n) is 5.79. The molecular formula is C19H16F2N2O. The molecule has 0 amide bonds. The predicted octanol–water partition coefficient (Wildman–Crippen LogP) is 3.34. The maximum absolute atomic E-state index is 13.8. The Morgan fingerprint density at radius 3 is 2.38 bits per heavy atom. The van der Waals surface area contributed by atoms with Crippen molar-refractivity contribution in [2.75, 3.05) is 20.1 Å². The molecule has 0 atom stereocenters. The van der Waals surface area contributed by atoms with Crippen molar-refractivity contribution in [3.05, 3.63) is 76.6 Å². The third-order valence-electron chi connectivity index (χ3n) is 3.80. The smallest absolute Gasteiger partial charge is 0.187 e. The summed E-state index contributed by atoms with van der Waals surface area (Å²) in [7, 11) is 1.89. The summed E-state index contributed by atoms with van der Waals surface area (Å²) in [5.41, 5.74) is 2.20. The number of hydrogen-bond acceptors (Lipinski definition) is 3. The highest BCUT2D eigenvalue weighted by Crippen LogP contribution is 2.22. The van der Waals surface area contributed by atoms with Crippen molar-refractivity contribution in [1.82, 2.24) is 9.88 Å². The maximum atomic E-state index is 13.8. The van der Waals surface area contributed by atoms with Crippen LogP contribution in [0.5, 0.6) is 0 Å². The Labute approximate surface area is 138 Å². The first-order valence-electron chi connectivity index (χ1n) is 7.52. The number of rotatable bonds is 2. The van der Waals surface area contributed by atoms with Crippen molar-refractivity contribution < 1.29 is 13.6 Å². The minimum Gasteiger partial charge on any atom is -0.298 e. The van der Waals surface area contributed by atoms with E-state index in [1.54, 1.807) is 12.4 Å². The van der Waals surface area contributed by atoms with E-state index in [1.807, 2.05) is 30.2 Å². The van der Waals surface area contributed by atoms with Crippen molar-refractivity contribution >= 4 is 17.9 Å². The number of carbonyl (C=O) groups is 1. The van der Waals surface area contributed by atoms with Gasteiger partial charge >= 0.3 is 0 Å². The number of likely N-dealkylation sites (N-methyl/N-ethyl adjacent to an activating group) is 1. The average molecular weight is 326 g/mol. The quantitative estimate of drug-likeness (QED) is 0.794. The van der Waals surface area contributed by atoms with Crippen LogP contribution in [0.25, 0.3) is 12.2 Å². The van der Waals surface area contributed by atoms with Crippen molar-refractivity contribution in [2.24, 2.45) is 0 Å². The largest absolute Gasteiger partial charge is 0.298 e. The second kappa shape index (κ2) is 6.84. The molecule has 0 saturated carbocycles. The highest BCUT2D eigenvalue weighted by atomic mass is 19.1. The third kappa shape index (κ3) is 3.63. The molecule has 1 aromatic carbocycles. The van der Waals surface area contributed by atoms with Crippen molar-refractivity contribution in [3.63, 3.8) is 0 Å². The first kappa shape index (κ1) is 16.2. The lowest BCUT2D eigenvalue weighted by Crippen LogP contribution is -2.34. The van der Waals surface area contributed by atoms with Crippen LogP contribution in [0.1, 0.15) is 11.1 Å². The summed E-state index contributed by atoms with van der Waals surface area (Å²) in [6.07, 6.45) is 6.63. The number of carbonyl (C=O) groups excluding carboxylic acids is 1. The SMILES string of the molecule is CN1CC(=Cc2ccncc2)C(=O)/C(=C/c2ccc(F)cc2F)C1. The van der Waals surface area contributed by atoms with Gasteiger partial charge in [-0.15, -0.1) is 0 Å². The zero-order valence-corrected chi connectivity index (χ0v) is 13.2. The van der Waals surface area contributed by atoms with E-state index in [9.17, 15) is 13.6 Å². The zero-order valence-electron chi connectivity index (χ0n) is 13.2. The van der Waals surface area contributed by atoms with E-state index in [0.29, 0.717) is 24.2 Å². The zero-order chi connectivity index (χ0) is 17.1. The summed E-state index contributed by atoms with van der Waals surface area (Å²) in [5, 5.41) is 0. The molecule has 1 fully saturated rings. The lowest BCUT2D eigenvalue weighted by atomic mass is 9.94. The molecule has 1 aliphatic rings. The van der Waals surface area contributed by atoms with Gasteiger partial charge in [0, 0.05) is 48.3 Å². The number of ketones is 1. The molecular weight excluding hydrogens is 310 g/mol. The number of benzene rings is 1. The van der Waals surface area contributed by atoms with E-state index < -0.39 is 11.6 Å². The monoisotopic (exact) mass is 326 g/mol. The number of hydrogen-bond donors (Lipinski definition) is 0. The predicted molar refractivity (Wildman–Crippen MR) is 89.1 cm³/mol. The lowest BCUT2D eigenvalue weighted by molar-refractivity contribution is -0.113. The highest BCUT2D eigenvalue weighted by molar-refractivity contribution is 6.14. The Morgan fingerprint density at radius 2 is 1.71 bits per heavy atom. The van der Waals surface area contributed by atoms with Crippen LogP contribution in [0, 0.1) is 11.6 Å². The molecule has 0 bridgehead atoms. The van der Waals surface area contributed by atoms with Crippen LogP contribution in [0.15, 0.2) is 53.9 Å². The van der Waals surface area contributed by atoms with Gasteiger partial charge in [0.1, 0.15) is 11.6 Å². The molecule has 1 aromatic heterocycles. The fraction of sp³-hybridized carbons (Fsp3) is 0.158. The number of Topliss-reactive ketones (excluding diaryl/α,β-unsaturated/α-hetero) is 1. The van der Waals surface area contributed by atoms with Crippen molar-refractivity contribution in [3.8, 4) is 0 Å². The Morgan fingerprint density at radius 1 is 1.04 bits per heavy atom. The van der Waals surface area contributed by atoms with E-state index >= 15 is 0 Å². The molecule has 0 aliphatic carbocycles. The molecule has 5 heteroatoms. The van der Waals surface area contributed by atoms with Crippen LogP contribution in [-0.2, 0) is 4.79 Å².